The number of nitrogen functional groups attached to an aromatic ring is 1. The van der Waals surface area contributed by atoms with Gasteiger partial charge in [0.2, 0.25) is 0 Å². The van der Waals surface area contributed by atoms with E-state index in [0.717, 1.165) is 12.1 Å². The molecule has 0 spiro atoms. The van der Waals surface area contributed by atoms with Gasteiger partial charge in [-0.1, -0.05) is 0 Å². The minimum atomic E-state index is -4.65. The molecule has 1 heterocycles. The molecule has 0 amide bonds. The Morgan fingerprint density at radius 2 is 2.05 bits per heavy atom. The third kappa shape index (κ3) is 3.59. The summed E-state index contributed by atoms with van der Waals surface area (Å²) < 4.78 is 37.7. The maximum atomic E-state index is 12.6. The third-order valence-corrected chi connectivity index (χ3v) is 2.69. The Bertz CT molecular complexity index is 705. The van der Waals surface area contributed by atoms with Crippen molar-refractivity contribution >= 4 is 17.2 Å². The molecule has 0 unspecified atom stereocenters. The molecule has 116 valence electrons. The lowest BCUT2D eigenvalue weighted by atomic mass is 10.1. The van der Waals surface area contributed by atoms with Crippen LogP contribution in [-0.4, -0.2) is 14.9 Å². The van der Waals surface area contributed by atoms with Gasteiger partial charge in [-0.15, -0.1) is 0 Å². The Morgan fingerprint density at radius 1 is 1.32 bits per heavy atom. The molecule has 22 heavy (non-hydrogen) atoms. The number of nitrogens with zero attached hydrogens (tertiary/aromatic N) is 3. The van der Waals surface area contributed by atoms with E-state index >= 15 is 0 Å². The van der Waals surface area contributed by atoms with Gasteiger partial charge in [-0.3, -0.25) is 10.1 Å². The van der Waals surface area contributed by atoms with Gasteiger partial charge in [0.1, 0.15) is 17.3 Å². The monoisotopic (exact) mass is 313 g/mol. The van der Waals surface area contributed by atoms with Gasteiger partial charge >= 0.3 is 6.18 Å². The first kappa shape index (κ1) is 15.5. The predicted molar refractivity (Wildman–Crippen MR) is 71.9 cm³/mol. The van der Waals surface area contributed by atoms with E-state index in [1.165, 1.54) is 12.3 Å². The SMILES string of the molecule is Nc1ccnc(CNc2ccc(C(F)(F)F)cc2[N+](=O)[O-])n1. The van der Waals surface area contributed by atoms with E-state index in [2.05, 4.69) is 15.3 Å². The fourth-order valence-corrected chi connectivity index (χ4v) is 1.68. The number of alkyl halides is 3. The molecule has 0 aliphatic carbocycles. The van der Waals surface area contributed by atoms with Gasteiger partial charge in [-0.25, -0.2) is 9.97 Å². The maximum absolute atomic E-state index is 12.6. The van der Waals surface area contributed by atoms with E-state index in [1.54, 1.807) is 0 Å². The van der Waals surface area contributed by atoms with E-state index in [1.807, 2.05) is 0 Å². The van der Waals surface area contributed by atoms with Crippen LogP contribution in [0.5, 0.6) is 0 Å². The second kappa shape index (κ2) is 5.84. The number of hydrogen-bond donors (Lipinski definition) is 2. The van der Waals surface area contributed by atoms with Gasteiger partial charge < -0.3 is 11.1 Å². The average molecular weight is 313 g/mol. The van der Waals surface area contributed by atoms with Crippen LogP contribution in [-0.2, 0) is 12.7 Å². The first-order valence-electron chi connectivity index (χ1n) is 5.94. The van der Waals surface area contributed by atoms with E-state index < -0.39 is 22.4 Å². The summed E-state index contributed by atoms with van der Waals surface area (Å²) in [6.07, 6.45) is -3.25. The molecule has 1 aromatic heterocycles. The topological polar surface area (TPSA) is 107 Å². The zero-order valence-corrected chi connectivity index (χ0v) is 11.0. The number of nitro benzene ring substituents is 1. The highest BCUT2D eigenvalue weighted by atomic mass is 19.4. The summed E-state index contributed by atoms with van der Waals surface area (Å²) in [7, 11) is 0. The van der Waals surface area contributed by atoms with Crippen LogP contribution >= 0.6 is 0 Å². The zero-order chi connectivity index (χ0) is 16.3. The van der Waals surface area contributed by atoms with Crippen molar-refractivity contribution in [3.05, 3.63) is 52.0 Å². The number of anilines is 2. The quantitative estimate of drug-likeness (QED) is 0.663. The number of nitrogens with one attached hydrogen (secondary N) is 1. The Labute approximate surface area is 122 Å². The molecular formula is C12H10F3N5O2. The van der Waals surface area contributed by atoms with Gasteiger partial charge in [0.15, 0.2) is 0 Å². The number of aromatic nitrogens is 2. The van der Waals surface area contributed by atoms with Crippen LogP contribution in [0.3, 0.4) is 0 Å². The lowest BCUT2D eigenvalue weighted by Gasteiger charge is -2.10. The van der Waals surface area contributed by atoms with Crippen molar-refractivity contribution in [2.75, 3.05) is 11.1 Å². The molecule has 0 saturated heterocycles. The number of nitrogens with two attached hydrogens (primary N) is 1. The number of rotatable bonds is 4. The highest BCUT2D eigenvalue weighted by Crippen LogP contribution is 2.35. The standard InChI is InChI=1S/C12H10F3N5O2/c13-12(14,15)7-1-2-8(9(5-7)20(21)22)18-6-11-17-4-3-10(16)19-11/h1-5,18H,6H2,(H2,16,17,19). The van der Waals surface area contributed by atoms with Crippen molar-refractivity contribution in [1.82, 2.24) is 9.97 Å². The molecule has 0 aliphatic heterocycles. The molecule has 0 aliphatic rings. The molecular weight excluding hydrogens is 303 g/mol. The Balaban J connectivity index is 2.25. The second-order valence-corrected chi connectivity index (χ2v) is 4.24. The van der Waals surface area contributed by atoms with Crippen molar-refractivity contribution in [3.8, 4) is 0 Å². The van der Waals surface area contributed by atoms with Gasteiger partial charge in [-0.2, -0.15) is 13.2 Å². The molecule has 2 aromatic rings. The summed E-state index contributed by atoms with van der Waals surface area (Å²) in [6, 6.07) is 3.69. The van der Waals surface area contributed by atoms with Crippen LogP contribution in [0.2, 0.25) is 0 Å². The molecule has 0 saturated carbocycles. The van der Waals surface area contributed by atoms with Crippen molar-refractivity contribution in [1.29, 1.82) is 0 Å². The van der Waals surface area contributed by atoms with Crippen molar-refractivity contribution in [2.45, 2.75) is 12.7 Å². The summed E-state index contributed by atoms with van der Waals surface area (Å²) >= 11 is 0. The van der Waals surface area contributed by atoms with Crippen molar-refractivity contribution in [2.24, 2.45) is 0 Å². The highest BCUT2D eigenvalue weighted by Gasteiger charge is 2.33. The van der Waals surface area contributed by atoms with Crippen LogP contribution in [0, 0.1) is 10.1 Å². The maximum Gasteiger partial charge on any atom is 0.416 e. The fraction of sp³-hybridized carbons (Fsp3) is 0.167. The summed E-state index contributed by atoms with van der Waals surface area (Å²) in [6.45, 7) is -0.0166. The van der Waals surface area contributed by atoms with Gasteiger partial charge in [0.05, 0.1) is 17.0 Å². The number of halogens is 3. The van der Waals surface area contributed by atoms with Crippen LogP contribution in [0.4, 0.5) is 30.4 Å². The van der Waals surface area contributed by atoms with E-state index in [-0.39, 0.29) is 23.9 Å². The molecule has 2 rings (SSSR count). The van der Waals surface area contributed by atoms with Crippen LogP contribution in [0.25, 0.3) is 0 Å². The zero-order valence-electron chi connectivity index (χ0n) is 11.0. The molecule has 0 bridgehead atoms. The lowest BCUT2D eigenvalue weighted by Crippen LogP contribution is -2.09. The van der Waals surface area contributed by atoms with Gasteiger partial charge in [0.25, 0.3) is 5.69 Å². The average Bonchev–Trinajstić information content (AvgIpc) is 2.44. The van der Waals surface area contributed by atoms with Gasteiger partial charge in [0, 0.05) is 12.3 Å². The number of nitro groups is 1. The molecule has 0 radical (unpaired) electrons. The number of benzene rings is 1. The van der Waals surface area contributed by atoms with Crippen molar-refractivity contribution < 1.29 is 18.1 Å². The van der Waals surface area contributed by atoms with Gasteiger partial charge in [-0.05, 0) is 18.2 Å². The summed E-state index contributed by atoms with van der Waals surface area (Å²) in [4.78, 5) is 17.8. The molecule has 10 heteroatoms. The molecule has 1 aromatic carbocycles. The first-order chi connectivity index (χ1) is 10.3. The summed E-state index contributed by atoms with van der Waals surface area (Å²) in [5, 5.41) is 13.5. The lowest BCUT2D eigenvalue weighted by molar-refractivity contribution is -0.384. The van der Waals surface area contributed by atoms with E-state index in [4.69, 9.17) is 5.73 Å². The highest BCUT2D eigenvalue weighted by molar-refractivity contribution is 5.62. The van der Waals surface area contributed by atoms with Crippen LogP contribution in [0.1, 0.15) is 11.4 Å². The fourth-order valence-electron chi connectivity index (χ4n) is 1.68. The largest absolute Gasteiger partial charge is 0.416 e. The molecule has 0 atom stereocenters. The first-order valence-corrected chi connectivity index (χ1v) is 5.94. The smallest absolute Gasteiger partial charge is 0.384 e. The summed E-state index contributed by atoms with van der Waals surface area (Å²) in [5.41, 5.74) is 3.62. The van der Waals surface area contributed by atoms with Crippen LogP contribution < -0.4 is 11.1 Å². The second-order valence-electron chi connectivity index (χ2n) is 4.24. The van der Waals surface area contributed by atoms with Crippen molar-refractivity contribution in [3.63, 3.8) is 0 Å². The Kier molecular flexibility index (Phi) is 4.11. The Morgan fingerprint density at radius 3 is 2.64 bits per heavy atom. The van der Waals surface area contributed by atoms with Crippen LogP contribution in [0.15, 0.2) is 30.5 Å². The Hall–Kier alpha value is -2.91. The van der Waals surface area contributed by atoms with E-state index in [0.29, 0.717) is 6.07 Å². The molecule has 3 N–H and O–H groups in total. The third-order valence-electron chi connectivity index (χ3n) is 2.69. The minimum Gasteiger partial charge on any atom is -0.384 e. The number of hydrogen-bond acceptors (Lipinski definition) is 6. The molecule has 7 nitrogen and oxygen atoms in total. The van der Waals surface area contributed by atoms with E-state index in [9.17, 15) is 23.3 Å². The summed E-state index contributed by atoms with van der Waals surface area (Å²) in [5.74, 6) is 0.475. The molecule has 0 fully saturated rings. The normalized spacial score (nSPS) is 11.2. The minimum absolute atomic E-state index is 0.0166. The predicted octanol–water partition coefficient (Wildman–Crippen LogP) is 2.60.